The average molecular weight is 266 g/mol. The van der Waals surface area contributed by atoms with Crippen LogP contribution in [0.5, 0.6) is 0 Å². The highest BCUT2D eigenvalue weighted by atomic mass is 16.3. The average Bonchev–Trinajstić information content (AvgIpc) is 2.86. The number of carbonyl (C=O) groups excluding carboxylic acids is 1. The van der Waals surface area contributed by atoms with Crippen molar-refractivity contribution in [2.24, 2.45) is 5.92 Å². The van der Waals surface area contributed by atoms with Crippen molar-refractivity contribution in [2.45, 2.75) is 52.7 Å². The van der Waals surface area contributed by atoms with Crippen LogP contribution >= 0.6 is 0 Å². The standard InChI is InChI=1S/C15H26N2O2/c1-4-9-17-10-7-8-13(17)15(19)16-11-14(18)12(5-2)6-3/h7-8,10,12,14,18H,4-6,9,11H2,1-3H3,(H,16,19). The van der Waals surface area contributed by atoms with E-state index >= 15 is 0 Å². The Morgan fingerprint density at radius 2 is 2.05 bits per heavy atom. The first-order valence-electron chi connectivity index (χ1n) is 7.25. The van der Waals surface area contributed by atoms with Gasteiger partial charge >= 0.3 is 0 Å². The van der Waals surface area contributed by atoms with Crippen LogP contribution in [0.1, 0.15) is 50.5 Å². The summed E-state index contributed by atoms with van der Waals surface area (Å²) < 4.78 is 1.94. The summed E-state index contributed by atoms with van der Waals surface area (Å²) in [5.41, 5.74) is 0.665. The van der Waals surface area contributed by atoms with Crippen molar-refractivity contribution in [3.63, 3.8) is 0 Å². The predicted molar refractivity (Wildman–Crippen MR) is 77.1 cm³/mol. The number of amides is 1. The number of aryl methyl sites for hydroxylation is 1. The smallest absolute Gasteiger partial charge is 0.267 e. The van der Waals surface area contributed by atoms with Gasteiger partial charge in [0.15, 0.2) is 0 Å². The fourth-order valence-electron chi connectivity index (χ4n) is 2.34. The molecule has 1 amide bonds. The number of hydrogen-bond acceptors (Lipinski definition) is 2. The number of nitrogens with one attached hydrogen (secondary N) is 1. The summed E-state index contributed by atoms with van der Waals surface area (Å²) in [5, 5.41) is 12.8. The molecule has 1 unspecified atom stereocenters. The van der Waals surface area contributed by atoms with Gasteiger partial charge in [0.1, 0.15) is 5.69 Å². The molecule has 108 valence electrons. The zero-order valence-corrected chi connectivity index (χ0v) is 12.2. The monoisotopic (exact) mass is 266 g/mol. The molecule has 0 saturated heterocycles. The molecule has 0 spiro atoms. The van der Waals surface area contributed by atoms with Gasteiger partial charge in [-0.2, -0.15) is 0 Å². The van der Waals surface area contributed by atoms with Crippen molar-refractivity contribution < 1.29 is 9.90 Å². The second kappa shape index (κ2) is 8.00. The number of nitrogens with zero attached hydrogens (tertiary/aromatic N) is 1. The molecule has 1 aromatic rings. The Morgan fingerprint density at radius 1 is 1.37 bits per heavy atom. The molecule has 0 aliphatic carbocycles. The van der Waals surface area contributed by atoms with Gasteiger partial charge < -0.3 is 15.0 Å². The van der Waals surface area contributed by atoms with Gasteiger partial charge in [0.05, 0.1) is 6.10 Å². The van der Waals surface area contributed by atoms with Crippen molar-refractivity contribution >= 4 is 5.91 Å². The van der Waals surface area contributed by atoms with Gasteiger partial charge in [-0.3, -0.25) is 4.79 Å². The number of aliphatic hydroxyl groups is 1. The molecule has 0 bridgehead atoms. The molecule has 1 heterocycles. The van der Waals surface area contributed by atoms with Crippen LogP contribution in [0.4, 0.5) is 0 Å². The summed E-state index contributed by atoms with van der Waals surface area (Å²) in [6, 6.07) is 3.69. The van der Waals surface area contributed by atoms with E-state index in [1.165, 1.54) is 0 Å². The summed E-state index contributed by atoms with van der Waals surface area (Å²) in [6.07, 6.45) is 4.30. The van der Waals surface area contributed by atoms with Crippen LogP contribution in [0.15, 0.2) is 18.3 Å². The van der Waals surface area contributed by atoms with E-state index < -0.39 is 6.10 Å². The summed E-state index contributed by atoms with van der Waals surface area (Å²) in [4.78, 5) is 12.1. The van der Waals surface area contributed by atoms with Crippen LogP contribution in [0.25, 0.3) is 0 Å². The lowest BCUT2D eigenvalue weighted by atomic mass is 9.96. The highest BCUT2D eigenvalue weighted by molar-refractivity contribution is 5.92. The van der Waals surface area contributed by atoms with Gasteiger partial charge in [-0.25, -0.2) is 0 Å². The molecule has 0 aromatic carbocycles. The van der Waals surface area contributed by atoms with E-state index in [0.717, 1.165) is 25.8 Å². The Hall–Kier alpha value is -1.29. The Morgan fingerprint density at radius 3 is 2.63 bits per heavy atom. The summed E-state index contributed by atoms with van der Waals surface area (Å²) in [6.45, 7) is 7.36. The predicted octanol–water partition coefficient (Wildman–Crippen LogP) is 2.43. The van der Waals surface area contributed by atoms with Gasteiger partial charge in [-0.05, 0) is 24.5 Å². The maximum absolute atomic E-state index is 12.1. The molecule has 2 N–H and O–H groups in total. The fraction of sp³-hybridized carbons (Fsp3) is 0.667. The van der Waals surface area contributed by atoms with E-state index in [9.17, 15) is 9.90 Å². The first-order valence-corrected chi connectivity index (χ1v) is 7.25. The van der Waals surface area contributed by atoms with Crippen LogP contribution in [0.3, 0.4) is 0 Å². The number of aliphatic hydroxyl groups excluding tert-OH is 1. The van der Waals surface area contributed by atoms with E-state index in [2.05, 4.69) is 26.1 Å². The Bertz CT molecular complexity index is 383. The molecule has 0 saturated carbocycles. The highest BCUT2D eigenvalue weighted by Gasteiger charge is 2.17. The normalized spacial score (nSPS) is 12.7. The topological polar surface area (TPSA) is 54.3 Å². The largest absolute Gasteiger partial charge is 0.391 e. The Balaban J connectivity index is 2.53. The van der Waals surface area contributed by atoms with Crippen molar-refractivity contribution in [1.29, 1.82) is 0 Å². The van der Waals surface area contributed by atoms with Crippen molar-refractivity contribution in [2.75, 3.05) is 6.54 Å². The highest BCUT2D eigenvalue weighted by Crippen LogP contribution is 2.12. The number of hydrogen-bond donors (Lipinski definition) is 2. The number of carbonyl (C=O) groups is 1. The SMILES string of the molecule is CCCn1cccc1C(=O)NCC(O)C(CC)CC. The van der Waals surface area contributed by atoms with Crippen molar-refractivity contribution in [3.05, 3.63) is 24.0 Å². The quantitative estimate of drug-likeness (QED) is 0.759. The minimum absolute atomic E-state index is 0.108. The van der Waals surface area contributed by atoms with E-state index in [-0.39, 0.29) is 11.8 Å². The van der Waals surface area contributed by atoms with Gasteiger partial charge in [0.2, 0.25) is 0 Å². The molecule has 0 aliphatic heterocycles. The van der Waals surface area contributed by atoms with Crippen molar-refractivity contribution in [3.8, 4) is 0 Å². The molecule has 4 nitrogen and oxygen atoms in total. The third-order valence-electron chi connectivity index (χ3n) is 3.59. The van der Waals surface area contributed by atoms with Crippen LogP contribution in [0, 0.1) is 5.92 Å². The Labute approximate surface area is 115 Å². The maximum Gasteiger partial charge on any atom is 0.267 e. The number of rotatable bonds is 8. The van der Waals surface area contributed by atoms with E-state index in [0.29, 0.717) is 12.2 Å². The van der Waals surface area contributed by atoms with Gasteiger partial charge in [0, 0.05) is 19.3 Å². The molecule has 0 aliphatic rings. The lowest BCUT2D eigenvalue weighted by Gasteiger charge is -2.20. The molecular weight excluding hydrogens is 240 g/mol. The van der Waals surface area contributed by atoms with Crippen LogP contribution < -0.4 is 5.32 Å². The first kappa shape index (κ1) is 15.8. The zero-order chi connectivity index (χ0) is 14.3. The summed E-state index contributed by atoms with van der Waals surface area (Å²) >= 11 is 0. The van der Waals surface area contributed by atoms with Crippen LogP contribution in [0.2, 0.25) is 0 Å². The lowest BCUT2D eigenvalue weighted by molar-refractivity contribution is 0.0810. The molecule has 0 radical (unpaired) electrons. The summed E-state index contributed by atoms with van der Waals surface area (Å²) in [5.74, 6) is 0.145. The first-order chi connectivity index (χ1) is 9.13. The van der Waals surface area contributed by atoms with Gasteiger partial charge in [-0.1, -0.05) is 33.6 Å². The van der Waals surface area contributed by atoms with Crippen LogP contribution in [-0.4, -0.2) is 28.2 Å². The minimum Gasteiger partial charge on any atom is -0.391 e. The van der Waals surface area contributed by atoms with E-state index in [1.807, 2.05) is 22.9 Å². The maximum atomic E-state index is 12.1. The van der Waals surface area contributed by atoms with Gasteiger partial charge in [0.25, 0.3) is 5.91 Å². The third kappa shape index (κ3) is 4.39. The lowest BCUT2D eigenvalue weighted by Crippen LogP contribution is -2.36. The fourth-order valence-corrected chi connectivity index (χ4v) is 2.34. The second-order valence-corrected chi connectivity index (χ2v) is 4.94. The van der Waals surface area contributed by atoms with E-state index in [1.54, 1.807) is 0 Å². The summed E-state index contributed by atoms with van der Waals surface area (Å²) in [7, 11) is 0. The van der Waals surface area contributed by atoms with E-state index in [4.69, 9.17) is 0 Å². The molecular formula is C15H26N2O2. The third-order valence-corrected chi connectivity index (χ3v) is 3.59. The van der Waals surface area contributed by atoms with Crippen molar-refractivity contribution in [1.82, 2.24) is 9.88 Å². The Kier molecular flexibility index (Phi) is 6.64. The molecule has 4 heteroatoms. The molecule has 19 heavy (non-hydrogen) atoms. The molecule has 1 atom stereocenters. The molecule has 1 aromatic heterocycles. The van der Waals surface area contributed by atoms with Crippen LogP contribution in [-0.2, 0) is 6.54 Å². The van der Waals surface area contributed by atoms with Gasteiger partial charge in [-0.15, -0.1) is 0 Å². The molecule has 0 fully saturated rings. The molecule has 1 rings (SSSR count). The number of aromatic nitrogens is 1. The zero-order valence-electron chi connectivity index (χ0n) is 12.2. The second-order valence-electron chi connectivity index (χ2n) is 4.94. The minimum atomic E-state index is -0.464.